The summed E-state index contributed by atoms with van der Waals surface area (Å²) >= 11 is 0. The van der Waals surface area contributed by atoms with Gasteiger partial charge in [-0.05, 0) is 79.5 Å². The standard InChI is InChI=1S/C24H25FN2O/c1-16(24(28)27-20-5-3-2-4-6-20)17-7-9-18(10-8-17)21-13-14-26-23-12-11-19(25)15-22(21)23/h2-6,11-18H,7-10H2,1H3,(H,27,28)/t16?,17-,18+. The molecule has 3 aromatic rings. The number of nitrogens with zero attached hydrogens (tertiary/aromatic N) is 1. The van der Waals surface area contributed by atoms with Crippen molar-refractivity contribution in [2.24, 2.45) is 11.8 Å². The van der Waals surface area contributed by atoms with Crippen LogP contribution in [-0.4, -0.2) is 10.9 Å². The quantitative estimate of drug-likeness (QED) is 0.614. The van der Waals surface area contributed by atoms with E-state index in [4.69, 9.17) is 0 Å². The Hall–Kier alpha value is -2.75. The van der Waals surface area contributed by atoms with Gasteiger partial charge < -0.3 is 5.32 Å². The second-order valence-corrected chi connectivity index (χ2v) is 7.82. The van der Waals surface area contributed by atoms with E-state index >= 15 is 0 Å². The third-order valence-corrected chi connectivity index (χ3v) is 6.11. The van der Waals surface area contributed by atoms with Gasteiger partial charge in [-0.2, -0.15) is 0 Å². The molecule has 1 unspecified atom stereocenters. The molecule has 1 heterocycles. The van der Waals surface area contributed by atoms with Crippen molar-refractivity contribution in [3.05, 3.63) is 72.2 Å². The van der Waals surface area contributed by atoms with Gasteiger partial charge in [-0.25, -0.2) is 4.39 Å². The van der Waals surface area contributed by atoms with Crippen LogP contribution in [0.5, 0.6) is 0 Å². The molecular formula is C24H25FN2O. The van der Waals surface area contributed by atoms with Crippen molar-refractivity contribution in [2.75, 3.05) is 5.32 Å². The van der Waals surface area contributed by atoms with Crippen LogP contribution in [0.4, 0.5) is 10.1 Å². The van der Waals surface area contributed by atoms with Gasteiger partial charge in [0.1, 0.15) is 5.82 Å². The summed E-state index contributed by atoms with van der Waals surface area (Å²) in [4.78, 5) is 17.0. The minimum Gasteiger partial charge on any atom is -0.326 e. The summed E-state index contributed by atoms with van der Waals surface area (Å²) in [5, 5.41) is 3.94. The molecular weight excluding hydrogens is 351 g/mol. The van der Waals surface area contributed by atoms with Gasteiger partial charge in [-0.15, -0.1) is 0 Å². The van der Waals surface area contributed by atoms with Crippen LogP contribution in [0.25, 0.3) is 10.9 Å². The molecule has 0 saturated heterocycles. The Labute approximate surface area is 165 Å². The number of halogens is 1. The highest BCUT2D eigenvalue weighted by molar-refractivity contribution is 5.92. The molecule has 1 fully saturated rings. The van der Waals surface area contributed by atoms with Crippen LogP contribution in [-0.2, 0) is 4.79 Å². The number of aromatic nitrogens is 1. The zero-order valence-corrected chi connectivity index (χ0v) is 16.1. The van der Waals surface area contributed by atoms with E-state index < -0.39 is 0 Å². The SMILES string of the molecule is CC(C(=O)Nc1ccccc1)[C@H]1CC[C@@H](c2ccnc3ccc(F)cc32)CC1. The average molecular weight is 376 g/mol. The maximum absolute atomic E-state index is 13.7. The van der Waals surface area contributed by atoms with Crippen LogP contribution >= 0.6 is 0 Å². The van der Waals surface area contributed by atoms with Gasteiger partial charge in [0.05, 0.1) is 5.52 Å². The van der Waals surface area contributed by atoms with E-state index in [9.17, 15) is 9.18 Å². The molecule has 0 spiro atoms. The normalized spacial score (nSPS) is 20.6. The fraction of sp³-hybridized carbons (Fsp3) is 0.333. The van der Waals surface area contributed by atoms with Crippen molar-refractivity contribution in [1.82, 2.24) is 4.98 Å². The maximum Gasteiger partial charge on any atom is 0.227 e. The number of anilines is 1. The van der Waals surface area contributed by atoms with Gasteiger partial charge in [0.2, 0.25) is 5.91 Å². The van der Waals surface area contributed by atoms with E-state index in [-0.39, 0.29) is 17.6 Å². The molecule has 1 aromatic heterocycles. The van der Waals surface area contributed by atoms with Gasteiger partial charge in [-0.3, -0.25) is 9.78 Å². The lowest BCUT2D eigenvalue weighted by Crippen LogP contribution is -2.29. The number of hydrogen-bond acceptors (Lipinski definition) is 2. The van der Waals surface area contributed by atoms with E-state index in [1.807, 2.05) is 49.5 Å². The molecule has 144 valence electrons. The van der Waals surface area contributed by atoms with Crippen molar-refractivity contribution in [1.29, 1.82) is 0 Å². The van der Waals surface area contributed by atoms with Crippen molar-refractivity contribution in [3.8, 4) is 0 Å². The van der Waals surface area contributed by atoms with Crippen LogP contribution in [0.3, 0.4) is 0 Å². The number of amides is 1. The number of rotatable bonds is 4. The highest BCUT2D eigenvalue weighted by Gasteiger charge is 2.30. The largest absolute Gasteiger partial charge is 0.326 e. The van der Waals surface area contributed by atoms with Gasteiger partial charge in [0, 0.05) is 23.2 Å². The molecule has 4 heteroatoms. The lowest BCUT2D eigenvalue weighted by atomic mass is 9.73. The summed E-state index contributed by atoms with van der Waals surface area (Å²) in [5.41, 5.74) is 2.87. The summed E-state index contributed by atoms with van der Waals surface area (Å²) < 4.78 is 13.7. The van der Waals surface area contributed by atoms with E-state index in [0.29, 0.717) is 11.8 Å². The molecule has 1 atom stereocenters. The number of carbonyl (C=O) groups is 1. The summed E-state index contributed by atoms with van der Waals surface area (Å²) in [6, 6.07) is 16.4. The number of nitrogens with one attached hydrogen (secondary N) is 1. The van der Waals surface area contributed by atoms with Gasteiger partial charge in [0.25, 0.3) is 0 Å². The van der Waals surface area contributed by atoms with Gasteiger partial charge >= 0.3 is 0 Å². The number of hydrogen-bond donors (Lipinski definition) is 1. The Morgan fingerprint density at radius 1 is 1.07 bits per heavy atom. The highest BCUT2D eigenvalue weighted by atomic mass is 19.1. The lowest BCUT2D eigenvalue weighted by molar-refractivity contribution is -0.121. The predicted octanol–water partition coefficient (Wildman–Crippen LogP) is 5.92. The number of benzene rings is 2. The molecule has 0 bridgehead atoms. The molecule has 1 aliphatic rings. The molecule has 0 aliphatic heterocycles. The van der Waals surface area contributed by atoms with Crippen molar-refractivity contribution < 1.29 is 9.18 Å². The number of para-hydroxylation sites is 1. The van der Waals surface area contributed by atoms with Crippen LogP contribution in [0, 0.1) is 17.7 Å². The van der Waals surface area contributed by atoms with Crippen LogP contribution in [0.2, 0.25) is 0 Å². The zero-order valence-electron chi connectivity index (χ0n) is 16.1. The minimum absolute atomic E-state index is 0.0206. The minimum atomic E-state index is -0.221. The summed E-state index contributed by atoms with van der Waals surface area (Å²) in [6.45, 7) is 2.03. The Morgan fingerprint density at radius 3 is 2.57 bits per heavy atom. The number of fused-ring (bicyclic) bond motifs is 1. The van der Waals surface area contributed by atoms with Crippen LogP contribution < -0.4 is 5.32 Å². The molecule has 1 amide bonds. The Balaban J connectivity index is 1.42. The first-order chi connectivity index (χ1) is 13.6. The van der Waals surface area contributed by atoms with Crippen molar-refractivity contribution in [2.45, 2.75) is 38.5 Å². The molecule has 1 saturated carbocycles. The van der Waals surface area contributed by atoms with Gasteiger partial charge in [-0.1, -0.05) is 25.1 Å². The third-order valence-electron chi connectivity index (χ3n) is 6.11. The second kappa shape index (κ2) is 8.09. The topological polar surface area (TPSA) is 42.0 Å². The fourth-order valence-corrected chi connectivity index (χ4v) is 4.42. The first kappa shape index (κ1) is 18.6. The number of pyridine rings is 1. The second-order valence-electron chi connectivity index (χ2n) is 7.82. The van der Waals surface area contributed by atoms with E-state index in [1.165, 1.54) is 11.6 Å². The Morgan fingerprint density at radius 2 is 1.82 bits per heavy atom. The summed E-state index contributed by atoms with van der Waals surface area (Å²) in [6.07, 6.45) is 5.87. The zero-order chi connectivity index (χ0) is 19.5. The molecule has 2 aromatic carbocycles. The average Bonchev–Trinajstić information content (AvgIpc) is 2.73. The third kappa shape index (κ3) is 3.91. The van der Waals surface area contributed by atoms with Crippen molar-refractivity contribution >= 4 is 22.5 Å². The monoisotopic (exact) mass is 376 g/mol. The van der Waals surface area contributed by atoms with E-state index in [1.54, 1.807) is 12.1 Å². The molecule has 1 N–H and O–H groups in total. The summed E-state index contributed by atoms with van der Waals surface area (Å²) in [7, 11) is 0. The summed E-state index contributed by atoms with van der Waals surface area (Å²) in [5.74, 6) is 0.623. The molecule has 0 radical (unpaired) electrons. The Bertz CT molecular complexity index is 965. The highest BCUT2D eigenvalue weighted by Crippen LogP contribution is 2.40. The Kier molecular flexibility index (Phi) is 5.38. The molecule has 28 heavy (non-hydrogen) atoms. The first-order valence-electron chi connectivity index (χ1n) is 10.0. The molecule has 1 aliphatic carbocycles. The maximum atomic E-state index is 13.7. The predicted molar refractivity (Wildman–Crippen MR) is 111 cm³/mol. The molecule has 4 rings (SSSR count). The fourth-order valence-electron chi connectivity index (χ4n) is 4.42. The smallest absolute Gasteiger partial charge is 0.227 e. The van der Waals surface area contributed by atoms with Crippen molar-refractivity contribution in [3.63, 3.8) is 0 Å². The van der Waals surface area contributed by atoms with Crippen LogP contribution in [0.15, 0.2) is 60.8 Å². The van der Waals surface area contributed by atoms with E-state index in [2.05, 4.69) is 10.3 Å². The first-order valence-corrected chi connectivity index (χ1v) is 10.0. The molecule has 3 nitrogen and oxygen atoms in total. The van der Waals surface area contributed by atoms with E-state index in [0.717, 1.165) is 42.3 Å². The van der Waals surface area contributed by atoms with Crippen LogP contribution in [0.1, 0.15) is 44.1 Å². The number of carbonyl (C=O) groups excluding carboxylic acids is 1. The lowest BCUT2D eigenvalue weighted by Gasteiger charge is -2.32. The van der Waals surface area contributed by atoms with Gasteiger partial charge in [0.15, 0.2) is 0 Å².